The minimum absolute atomic E-state index is 0.0000218. The van der Waals surface area contributed by atoms with E-state index in [0.717, 1.165) is 0 Å². The molecular weight excluding hydrogens is 252 g/mol. The van der Waals surface area contributed by atoms with Gasteiger partial charge in [-0.1, -0.05) is 5.21 Å². The fourth-order valence-corrected chi connectivity index (χ4v) is 1.75. The second-order valence-electron chi connectivity index (χ2n) is 3.97. The van der Waals surface area contributed by atoms with Gasteiger partial charge in [0, 0.05) is 11.6 Å². The Morgan fingerprint density at radius 1 is 1.42 bits per heavy atom. The molecule has 1 heterocycles. The Balaban J connectivity index is 2.51. The number of benzene rings is 1. The van der Waals surface area contributed by atoms with Crippen molar-refractivity contribution in [3.05, 3.63) is 45.3 Å². The number of aromatic nitrogens is 3. The third-order valence-electron chi connectivity index (χ3n) is 2.72. The molecule has 0 atom stereocenters. The van der Waals surface area contributed by atoms with E-state index >= 15 is 0 Å². The number of aryl methyl sites for hydroxylation is 1. The number of carbonyl (C=O) groups is 1. The highest BCUT2D eigenvalue weighted by Crippen LogP contribution is 2.21. The van der Waals surface area contributed by atoms with Crippen LogP contribution in [0.4, 0.5) is 5.69 Å². The van der Waals surface area contributed by atoms with Crippen molar-refractivity contribution in [2.24, 2.45) is 0 Å². The maximum Gasteiger partial charge on any atom is 0.358 e. The number of carboxylic acid groups (broad SMARTS) is 1. The second kappa shape index (κ2) is 4.48. The number of hydrogen-bond acceptors (Lipinski definition) is 5. The van der Waals surface area contributed by atoms with Gasteiger partial charge in [-0.2, -0.15) is 0 Å². The van der Waals surface area contributed by atoms with E-state index in [0.29, 0.717) is 16.9 Å². The zero-order chi connectivity index (χ0) is 14.2. The Morgan fingerprint density at radius 3 is 2.58 bits per heavy atom. The van der Waals surface area contributed by atoms with Crippen LogP contribution in [0.15, 0.2) is 18.2 Å². The van der Waals surface area contributed by atoms with Crippen molar-refractivity contribution in [1.82, 2.24) is 15.0 Å². The van der Waals surface area contributed by atoms with E-state index in [2.05, 4.69) is 10.3 Å². The smallest absolute Gasteiger partial charge is 0.358 e. The Labute approximate surface area is 107 Å². The van der Waals surface area contributed by atoms with Crippen molar-refractivity contribution < 1.29 is 14.8 Å². The average Bonchev–Trinajstić information content (AvgIpc) is 2.70. The van der Waals surface area contributed by atoms with E-state index in [-0.39, 0.29) is 11.4 Å². The normalized spacial score (nSPS) is 10.4. The number of carboxylic acids is 1. The number of nitrogens with zero attached hydrogens (tertiary/aromatic N) is 4. The molecule has 0 fully saturated rings. The summed E-state index contributed by atoms with van der Waals surface area (Å²) in [5.41, 5.74) is 1.21. The van der Waals surface area contributed by atoms with Gasteiger partial charge in [0.05, 0.1) is 16.3 Å². The van der Waals surface area contributed by atoms with Crippen LogP contribution >= 0.6 is 0 Å². The fourth-order valence-electron chi connectivity index (χ4n) is 1.75. The molecule has 8 heteroatoms. The molecule has 0 saturated carbocycles. The molecule has 0 aliphatic rings. The summed E-state index contributed by atoms with van der Waals surface area (Å²) in [5, 5.41) is 26.9. The van der Waals surface area contributed by atoms with Crippen molar-refractivity contribution in [2.45, 2.75) is 13.8 Å². The minimum Gasteiger partial charge on any atom is -0.476 e. The van der Waals surface area contributed by atoms with E-state index in [9.17, 15) is 14.9 Å². The van der Waals surface area contributed by atoms with Crippen LogP contribution in [-0.2, 0) is 0 Å². The molecule has 98 valence electrons. The maximum atomic E-state index is 10.9. The standard InChI is InChI=1S/C11H10N4O4/c1-6-5-8(3-4-9(6)15(18)19)14-7(2)10(11(16)17)12-13-14/h3-5H,1-2H3,(H,16,17). The van der Waals surface area contributed by atoms with Gasteiger partial charge >= 0.3 is 5.97 Å². The molecule has 2 aromatic rings. The molecule has 2 rings (SSSR count). The van der Waals surface area contributed by atoms with Crippen molar-refractivity contribution in [3.63, 3.8) is 0 Å². The van der Waals surface area contributed by atoms with Crippen LogP contribution in [0.2, 0.25) is 0 Å². The van der Waals surface area contributed by atoms with Gasteiger partial charge in [-0.25, -0.2) is 9.48 Å². The van der Waals surface area contributed by atoms with Crippen molar-refractivity contribution in [1.29, 1.82) is 0 Å². The van der Waals surface area contributed by atoms with Crippen LogP contribution in [0.25, 0.3) is 5.69 Å². The number of rotatable bonds is 3. The van der Waals surface area contributed by atoms with Gasteiger partial charge in [0.15, 0.2) is 5.69 Å². The first-order valence-electron chi connectivity index (χ1n) is 5.33. The summed E-state index contributed by atoms with van der Waals surface area (Å²) in [6.07, 6.45) is 0. The van der Waals surface area contributed by atoms with Crippen LogP contribution in [-0.4, -0.2) is 31.0 Å². The summed E-state index contributed by atoms with van der Waals surface area (Å²) in [5.74, 6) is -1.16. The van der Waals surface area contributed by atoms with E-state index in [1.807, 2.05) is 0 Å². The summed E-state index contributed by atoms with van der Waals surface area (Å²) in [4.78, 5) is 21.1. The van der Waals surface area contributed by atoms with E-state index in [1.165, 1.54) is 16.8 Å². The molecule has 0 amide bonds. The fraction of sp³-hybridized carbons (Fsp3) is 0.182. The summed E-state index contributed by atoms with van der Waals surface area (Å²) >= 11 is 0. The molecule has 0 saturated heterocycles. The predicted octanol–water partition coefficient (Wildman–Crippen LogP) is 1.49. The van der Waals surface area contributed by atoms with Crippen molar-refractivity contribution in [3.8, 4) is 5.69 Å². The SMILES string of the molecule is Cc1cc(-n2nnc(C(=O)O)c2C)ccc1[N+](=O)[O-]. The molecule has 0 aliphatic heterocycles. The van der Waals surface area contributed by atoms with Gasteiger partial charge in [-0.05, 0) is 26.0 Å². The van der Waals surface area contributed by atoms with Crippen molar-refractivity contribution in [2.75, 3.05) is 0 Å². The number of hydrogen-bond donors (Lipinski definition) is 1. The Hall–Kier alpha value is -2.77. The highest BCUT2D eigenvalue weighted by atomic mass is 16.6. The van der Waals surface area contributed by atoms with E-state index < -0.39 is 10.9 Å². The number of nitro groups is 1. The summed E-state index contributed by atoms with van der Waals surface area (Å²) in [6.45, 7) is 3.17. The molecule has 19 heavy (non-hydrogen) atoms. The Morgan fingerprint density at radius 2 is 2.11 bits per heavy atom. The quantitative estimate of drug-likeness (QED) is 0.662. The molecule has 0 spiro atoms. The van der Waals surface area contributed by atoms with Crippen LogP contribution < -0.4 is 0 Å². The molecule has 8 nitrogen and oxygen atoms in total. The molecule has 0 bridgehead atoms. The van der Waals surface area contributed by atoms with Crippen LogP contribution in [0.1, 0.15) is 21.7 Å². The van der Waals surface area contributed by atoms with E-state index in [4.69, 9.17) is 5.11 Å². The Bertz CT molecular complexity index is 677. The zero-order valence-corrected chi connectivity index (χ0v) is 10.2. The zero-order valence-electron chi connectivity index (χ0n) is 10.2. The van der Waals surface area contributed by atoms with E-state index in [1.54, 1.807) is 19.9 Å². The van der Waals surface area contributed by atoms with Gasteiger partial charge in [0.2, 0.25) is 0 Å². The van der Waals surface area contributed by atoms with Gasteiger partial charge in [-0.3, -0.25) is 10.1 Å². The predicted molar refractivity (Wildman–Crippen MR) is 64.4 cm³/mol. The molecular formula is C11H10N4O4. The van der Waals surface area contributed by atoms with Gasteiger partial charge < -0.3 is 5.11 Å². The lowest BCUT2D eigenvalue weighted by molar-refractivity contribution is -0.385. The first-order valence-corrected chi connectivity index (χ1v) is 5.33. The van der Waals surface area contributed by atoms with Gasteiger partial charge in [0.25, 0.3) is 5.69 Å². The topological polar surface area (TPSA) is 111 Å². The van der Waals surface area contributed by atoms with Crippen LogP contribution in [0, 0.1) is 24.0 Å². The molecule has 0 unspecified atom stereocenters. The highest BCUT2D eigenvalue weighted by Gasteiger charge is 2.17. The summed E-state index contributed by atoms with van der Waals surface area (Å²) < 4.78 is 1.33. The van der Waals surface area contributed by atoms with Gasteiger partial charge in [0.1, 0.15) is 0 Å². The lowest BCUT2D eigenvalue weighted by Gasteiger charge is -2.04. The molecule has 1 aromatic carbocycles. The van der Waals surface area contributed by atoms with Crippen LogP contribution in [0.5, 0.6) is 0 Å². The number of nitro benzene ring substituents is 1. The molecule has 0 radical (unpaired) electrons. The lowest BCUT2D eigenvalue weighted by Crippen LogP contribution is -2.03. The number of aromatic carboxylic acids is 1. The summed E-state index contributed by atoms with van der Waals surface area (Å²) in [7, 11) is 0. The average molecular weight is 262 g/mol. The molecule has 0 aliphatic carbocycles. The van der Waals surface area contributed by atoms with Crippen LogP contribution in [0.3, 0.4) is 0 Å². The summed E-state index contributed by atoms with van der Waals surface area (Å²) in [6, 6.07) is 4.41. The first kappa shape index (κ1) is 12.7. The minimum atomic E-state index is -1.16. The third kappa shape index (κ3) is 2.15. The maximum absolute atomic E-state index is 10.9. The second-order valence-corrected chi connectivity index (χ2v) is 3.97. The largest absolute Gasteiger partial charge is 0.476 e. The van der Waals surface area contributed by atoms with Crippen molar-refractivity contribution >= 4 is 11.7 Å². The third-order valence-corrected chi connectivity index (χ3v) is 2.72. The highest BCUT2D eigenvalue weighted by molar-refractivity contribution is 5.86. The molecule has 1 N–H and O–H groups in total. The van der Waals surface area contributed by atoms with Gasteiger partial charge in [-0.15, -0.1) is 5.10 Å². The first-order chi connectivity index (χ1) is 8.91. The molecule has 1 aromatic heterocycles. The Kier molecular flexibility index (Phi) is 2.99. The lowest BCUT2D eigenvalue weighted by atomic mass is 10.2. The monoisotopic (exact) mass is 262 g/mol.